The summed E-state index contributed by atoms with van der Waals surface area (Å²) in [6, 6.07) is 19.8. The number of rotatable bonds is 11. The Kier molecular flexibility index (Phi) is 12.6. The fourth-order valence-corrected chi connectivity index (χ4v) is 7.65. The maximum absolute atomic E-state index is 6.89. The molecule has 4 aromatic carbocycles. The van der Waals surface area contributed by atoms with E-state index < -0.39 is 0 Å². The molecule has 4 rings (SSSR count). The monoisotopic (exact) mass is 746 g/mol. The van der Waals surface area contributed by atoms with E-state index in [1.807, 2.05) is 48.5 Å². The predicted octanol–water partition coefficient (Wildman–Crippen LogP) is 13.1. The zero-order valence-corrected chi connectivity index (χ0v) is 36.2. The van der Waals surface area contributed by atoms with Gasteiger partial charge in [0.15, 0.2) is 0 Å². The second kappa shape index (κ2) is 15.9. The molecular weight excluding hydrogens is 686 g/mol. The van der Waals surface area contributed by atoms with Crippen LogP contribution in [-0.4, -0.2) is 14.2 Å². The van der Waals surface area contributed by atoms with Gasteiger partial charge in [0.05, 0.1) is 14.2 Å². The molecule has 2 atom stereocenters. The molecule has 0 N–H and O–H groups in total. The van der Waals surface area contributed by atoms with E-state index in [1.54, 1.807) is 14.2 Å². The second-order valence-electron chi connectivity index (χ2n) is 17.5. The van der Waals surface area contributed by atoms with E-state index in [0.717, 1.165) is 56.4 Å². The third-order valence-corrected chi connectivity index (χ3v) is 10.5. The fraction of sp³-hybridized carbons (Fsp3) is 0.455. The molecule has 0 bridgehead atoms. The lowest BCUT2D eigenvalue weighted by molar-refractivity contribution is 0.414. The SMILES string of the molecule is COc1ccc(OPOc2c(C(C)(C)C)cc(C(C)(C)C)c(C)c2-c2c(C)c(C(C)(C)C)cc(C(C)(C)C)c2OPOc2ccc(OC)cc2)cc1. The van der Waals surface area contributed by atoms with Crippen LogP contribution in [0.2, 0.25) is 0 Å². The van der Waals surface area contributed by atoms with Crippen LogP contribution in [0.4, 0.5) is 0 Å². The average Bonchev–Trinajstić information content (AvgIpc) is 3.04. The summed E-state index contributed by atoms with van der Waals surface area (Å²) in [6.45, 7) is 31.6. The van der Waals surface area contributed by atoms with Crippen LogP contribution < -0.4 is 27.6 Å². The van der Waals surface area contributed by atoms with Crippen LogP contribution in [0, 0.1) is 13.8 Å². The van der Waals surface area contributed by atoms with Crippen LogP contribution in [0.1, 0.15) is 116 Å². The van der Waals surface area contributed by atoms with Crippen LogP contribution in [0.25, 0.3) is 11.1 Å². The fourth-order valence-electron chi connectivity index (χ4n) is 6.51. The molecule has 0 amide bonds. The second-order valence-corrected chi connectivity index (χ2v) is 18.7. The van der Waals surface area contributed by atoms with Crippen molar-refractivity contribution < 1.29 is 27.6 Å². The molecular formula is C44H60O6P2. The van der Waals surface area contributed by atoms with Gasteiger partial charge in [-0.05, 0) is 106 Å². The lowest BCUT2D eigenvalue weighted by Gasteiger charge is -2.35. The maximum Gasteiger partial charge on any atom is 0.275 e. The van der Waals surface area contributed by atoms with Crippen molar-refractivity contribution in [3.05, 3.63) is 94.0 Å². The van der Waals surface area contributed by atoms with E-state index >= 15 is 0 Å². The van der Waals surface area contributed by atoms with Gasteiger partial charge in [0, 0.05) is 22.3 Å². The van der Waals surface area contributed by atoms with Gasteiger partial charge >= 0.3 is 0 Å². The quantitative estimate of drug-likeness (QED) is 0.142. The molecule has 282 valence electrons. The zero-order valence-electron chi connectivity index (χ0n) is 34.2. The molecule has 52 heavy (non-hydrogen) atoms. The van der Waals surface area contributed by atoms with Crippen molar-refractivity contribution in [3.63, 3.8) is 0 Å². The molecule has 2 unspecified atom stereocenters. The van der Waals surface area contributed by atoms with Gasteiger partial charge in [-0.1, -0.05) is 95.2 Å². The molecule has 0 spiro atoms. The smallest absolute Gasteiger partial charge is 0.275 e. The highest BCUT2D eigenvalue weighted by Crippen LogP contribution is 2.54. The minimum absolute atomic E-state index is 0.137. The molecule has 0 radical (unpaired) electrons. The van der Waals surface area contributed by atoms with Gasteiger partial charge < -0.3 is 27.6 Å². The van der Waals surface area contributed by atoms with Crippen molar-refractivity contribution >= 4 is 18.1 Å². The van der Waals surface area contributed by atoms with Crippen LogP contribution in [0.3, 0.4) is 0 Å². The Bertz CT molecular complexity index is 1700. The molecule has 6 nitrogen and oxygen atoms in total. The maximum atomic E-state index is 6.89. The van der Waals surface area contributed by atoms with Crippen molar-refractivity contribution in [3.8, 4) is 45.6 Å². The minimum Gasteiger partial charge on any atom is -0.497 e. The van der Waals surface area contributed by atoms with E-state index in [1.165, 1.54) is 11.1 Å². The Morgan fingerprint density at radius 1 is 0.385 bits per heavy atom. The van der Waals surface area contributed by atoms with Gasteiger partial charge in [-0.2, -0.15) is 0 Å². The van der Waals surface area contributed by atoms with Gasteiger partial charge in [-0.15, -0.1) is 0 Å². The molecule has 0 fully saturated rings. The molecule has 0 aliphatic rings. The third kappa shape index (κ3) is 9.55. The van der Waals surface area contributed by atoms with E-state index in [2.05, 4.69) is 109 Å². The van der Waals surface area contributed by atoms with Crippen molar-refractivity contribution in [2.45, 2.75) is 119 Å². The van der Waals surface area contributed by atoms with Gasteiger partial charge in [0.2, 0.25) is 0 Å². The first-order valence-electron chi connectivity index (χ1n) is 17.9. The molecule has 0 saturated heterocycles. The summed E-state index contributed by atoms with van der Waals surface area (Å²) in [7, 11) is 2.74. The summed E-state index contributed by atoms with van der Waals surface area (Å²) < 4.78 is 37.0. The summed E-state index contributed by atoms with van der Waals surface area (Å²) in [4.78, 5) is 0. The van der Waals surface area contributed by atoms with Gasteiger partial charge in [-0.3, -0.25) is 0 Å². The highest BCUT2D eigenvalue weighted by atomic mass is 31.1. The van der Waals surface area contributed by atoms with Crippen molar-refractivity contribution in [2.24, 2.45) is 0 Å². The molecule has 0 aliphatic carbocycles. The van der Waals surface area contributed by atoms with Gasteiger partial charge in [-0.25, -0.2) is 0 Å². The molecule has 0 aromatic heterocycles. The van der Waals surface area contributed by atoms with E-state index in [-0.39, 0.29) is 39.7 Å². The Balaban J connectivity index is 2.04. The molecule has 8 heteroatoms. The number of ether oxygens (including phenoxy) is 2. The summed E-state index contributed by atoms with van der Waals surface area (Å²) in [6.07, 6.45) is 0. The van der Waals surface area contributed by atoms with Crippen molar-refractivity contribution in [2.75, 3.05) is 14.2 Å². The van der Waals surface area contributed by atoms with Crippen molar-refractivity contribution in [1.82, 2.24) is 0 Å². The summed E-state index contributed by atoms with van der Waals surface area (Å²) >= 11 is 0. The first-order chi connectivity index (χ1) is 24.1. The Morgan fingerprint density at radius 3 is 0.904 bits per heavy atom. The number of benzene rings is 4. The molecule has 0 aliphatic heterocycles. The van der Waals surface area contributed by atoms with Crippen LogP contribution in [-0.2, 0) is 21.7 Å². The lowest BCUT2D eigenvalue weighted by Crippen LogP contribution is -2.22. The Morgan fingerprint density at radius 2 is 0.654 bits per heavy atom. The summed E-state index contributed by atoms with van der Waals surface area (Å²) in [5, 5.41) is 0. The van der Waals surface area contributed by atoms with Crippen molar-refractivity contribution in [1.29, 1.82) is 0 Å². The number of hydrogen-bond donors (Lipinski definition) is 0. The number of hydrogen-bond acceptors (Lipinski definition) is 6. The average molecular weight is 747 g/mol. The van der Waals surface area contributed by atoms with E-state index in [0.29, 0.717) is 11.5 Å². The van der Waals surface area contributed by atoms with Crippen LogP contribution in [0.5, 0.6) is 34.5 Å². The Labute approximate surface area is 317 Å². The minimum atomic E-state index is -0.287. The normalized spacial score (nSPS) is 12.8. The van der Waals surface area contributed by atoms with Crippen LogP contribution >= 0.6 is 18.1 Å². The van der Waals surface area contributed by atoms with Gasteiger partial charge in [0.1, 0.15) is 34.5 Å². The highest BCUT2D eigenvalue weighted by molar-refractivity contribution is 7.27. The third-order valence-electron chi connectivity index (χ3n) is 9.29. The van der Waals surface area contributed by atoms with E-state index in [4.69, 9.17) is 27.6 Å². The highest BCUT2D eigenvalue weighted by Gasteiger charge is 2.35. The summed E-state index contributed by atoms with van der Waals surface area (Å²) in [5.74, 6) is 4.59. The molecule has 4 aromatic rings. The summed E-state index contributed by atoms with van der Waals surface area (Å²) in [5.41, 5.74) is 8.36. The first kappa shape index (κ1) is 41.3. The first-order valence-corrected chi connectivity index (χ1v) is 19.5. The topological polar surface area (TPSA) is 55.4 Å². The molecule has 0 heterocycles. The number of methoxy groups -OCH3 is 2. The van der Waals surface area contributed by atoms with Crippen LogP contribution in [0.15, 0.2) is 60.7 Å². The Hall–Kier alpha value is -3.46. The van der Waals surface area contributed by atoms with E-state index in [9.17, 15) is 0 Å². The predicted molar refractivity (Wildman–Crippen MR) is 221 cm³/mol. The molecule has 0 saturated carbocycles. The largest absolute Gasteiger partial charge is 0.497 e. The lowest BCUT2D eigenvalue weighted by atomic mass is 9.72. The van der Waals surface area contributed by atoms with Gasteiger partial charge in [0.25, 0.3) is 18.1 Å². The zero-order chi connectivity index (χ0) is 38.8. The standard InChI is InChI=1S/C44H60O6P2/c1-27-33(41(3,4)5)25-35(43(9,10)11)39(49-51-47-31-21-17-29(45-15)18-22-31)37(27)38-28(2)34(42(6,7)8)26-36(44(12,13)14)40(38)50-52-48-32-23-19-30(46-16)20-24-32/h17-26,51-52H,1-16H3.